The van der Waals surface area contributed by atoms with Crippen LogP contribution >= 0.6 is 11.6 Å². The fourth-order valence-corrected chi connectivity index (χ4v) is 3.39. The molecule has 0 N–H and O–H groups in total. The lowest BCUT2D eigenvalue weighted by Crippen LogP contribution is -2.33. The second kappa shape index (κ2) is 5.54. The van der Waals surface area contributed by atoms with E-state index in [1.807, 2.05) is 18.2 Å². The van der Waals surface area contributed by atoms with Crippen molar-refractivity contribution in [1.29, 1.82) is 0 Å². The van der Waals surface area contributed by atoms with Crippen LogP contribution in [0.25, 0.3) is 0 Å². The summed E-state index contributed by atoms with van der Waals surface area (Å²) in [5.41, 5.74) is 1.15. The normalized spacial score (nSPS) is 26.9. The van der Waals surface area contributed by atoms with Gasteiger partial charge in [-0.15, -0.1) is 0 Å². The summed E-state index contributed by atoms with van der Waals surface area (Å²) in [6, 6.07) is 7.93. The molecule has 2 fully saturated rings. The number of nitrogens with zero attached hydrogens (tertiary/aromatic N) is 1. The third-order valence-electron chi connectivity index (χ3n) is 4.33. The van der Waals surface area contributed by atoms with Crippen molar-refractivity contribution in [3.05, 3.63) is 34.9 Å². The van der Waals surface area contributed by atoms with Gasteiger partial charge in [0.25, 0.3) is 0 Å². The molecule has 19 heavy (non-hydrogen) atoms. The monoisotopic (exact) mass is 277 g/mol. The first-order chi connectivity index (χ1) is 9.27. The molecule has 1 aliphatic carbocycles. The molecule has 3 rings (SSSR count). The maximum absolute atomic E-state index is 12.5. The lowest BCUT2D eigenvalue weighted by molar-refractivity contribution is -0.132. The van der Waals surface area contributed by atoms with Crippen molar-refractivity contribution < 1.29 is 4.79 Å². The molecule has 102 valence electrons. The van der Waals surface area contributed by atoms with Crippen molar-refractivity contribution in [3.63, 3.8) is 0 Å². The van der Waals surface area contributed by atoms with Crippen molar-refractivity contribution in [2.45, 2.75) is 38.0 Å². The van der Waals surface area contributed by atoms with Crippen molar-refractivity contribution in [2.75, 3.05) is 13.1 Å². The van der Waals surface area contributed by atoms with E-state index in [0.29, 0.717) is 11.8 Å². The lowest BCUT2D eigenvalue weighted by Gasteiger charge is -2.20. The third kappa shape index (κ3) is 2.79. The van der Waals surface area contributed by atoms with Gasteiger partial charge in [-0.1, -0.05) is 42.6 Å². The van der Waals surface area contributed by atoms with E-state index in [9.17, 15) is 4.79 Å². The van der Waals surface area contributed by atoms with Crippen LogP contribution in [0.1, 0.15) is 43.6 Å². The Morgan fingerprint density at radius 2 is 1.79 bits per heavy atom. The fraction of sp³-hybridized carbons (Fsp3) is 0.562. The van der Waals surface area contributed by atoms with Gasteiger partial charge in [0.2, 0.25) is 5.91 Å². The number of rotatable bonds is 2. The molecular formula is C16H20ClNO. The van der Waals surface area contributed by atoms with Crippen LogP contribution in [0.5, 0.6) is 0 Å². The topological polar surface area (TPSA) is 20.3 Å². The summed E-state index contributed by atoms with van der Waals surface area (Å²) in [5.74, 6) is 0.884. The van der Waals surface area contributed by atoms with E-state index < -0.39 is 0 Å². The van der Waals surface area contributed by atoms with Crippen LogP contribution in [0.15, 0.2) is 24.3 Å². The highest BCUT2D eigenvalue weighted by Gasteiger charge is 2.46. The van der Waals surface area contributed by atoms with Crippen LogP contribution in [0.2, 0.25) is 5.02 Å². The van der Waals surface area contributed by atoms with E-state index in [2.05, 4.69) is 11.0 Å². The van der Waals surface area contributed by atoms with Gasteiger partial charge in [0, 0.05) is 24.0 Å². The highest BCUT2D eigenvalue weighted by atomic mass is 35.5. The van der Waals surface area contributed by atoms with Gasteiger partial charge in [-0.25, -0.2) is 0 Å². The van der Waals surface area contributed by atoms with Crippen LogP contribution in [-0.2, 0) is 4.79 Å². The number of amides is 1. The minimum Gasteiger partial charge on any atom is -0.342 e. The molecule has 2 nitrogen and oxygen atoms in total. The maximum Gasteiger partial charge on any atom is 0.226 e. The Kier molecular flexibility index (Phi) is 3.79. The molecule has 2 aliphatic rings. The van der Waals surface area contributed by atoms with Crippen LogP contribution < -0.4 is 0 Å². The Bertz CT molecular complexity index is 466. The smallest absolute Gasteiger partial charge is 0.226 e. The summed E-state index contributed by atoms with van der Waals surface area (Å²) in [7, 11) is 0. The molecule has 3 heteroatoms. The van der Waals surface area contributed by atoms with Crippen molar-refractivity contribution >= 4 is 17.5 Å². The molecule has 1 aromatic carbocycles. The zero-order valence-corrected chi connectivity index (χ0v) is 11.9. The maximum atomic E-state index is 12.5. The van der Waals surface area contributed by atoms with Gasteiger partial charge in [-0.05, 0) is 36.8 Å². The average molecular weight is 278 g/mol. The predicted octanol–water partition coefficient (Wildman–Crippen LogP) is 3.85. The highest BCUT2D eigenvalue weighted by molar-refractivity contribution is 6.31. The molecule has 0 radical (unpaired) electrons. The van der Waals surface area contributed by atoms with Crippen LogP contribution in [0.4, 0.5) is 0 Å². The van der Waals surface area contributed by atoms with Gasteiger partial charge in [-0.2, -0.15) is 0 Å². The van der Waals surface area contributed by atoms with Crippen LogP contribution in [0, 0.1) is 5.92 Å². The largest absolute Gasteiger partial charge is 0.342 e. The first-order valence-corrected chi connectivity index (χ1v) is 7.68. The lowest BCUT2D eigenvalue weighted by atomic mass is 10.1. The van der Waals surface area contributed by atoms with Gasteiger partial charge in [0.05, 0.1) is 0 Å². The summed E-state index contributed by atoms with van der Waals surface area (Å²) in [5, 5.41) is 0.804. The van der Waals surface area contributed by atoms with E-state index in [4.69, 9.17) is 11.6 Å². The standard InChI is InChI=1S/C16H20ClNO/c17-15-8-4-3-7-12(15)13-11-14(13)16(19)18-9-5-1-2-6-10-18/h3-4,7-8,13-14H,1-2,5-6,9-11H2. The Balaban J connectivity index is 1.66. The van der Waals surface area contributed by atoms with Crippen molar-refractivity contribution in [3.8, 4) is 0 Å². The van der Waals surface area contributed by atoms with Gasteiger partial charge in [-0.3, -0.25) is 4.79 Å². The number of benzene rings is 1. The molecule has 1 saturated carbocycles. The zero-order chi connectivity index (χ0) is 13.2. The molecule has 0 bridgehead atoms. The van der Waals surface area contributed by atoms with E-state index in [0.717, 1.165) is 42.9 Å². The number of hydrogen-bond donors (Lipinski definition) is 0. The number of likely N-dealkylation sites (tertiary alicyclic amines) is 1. The molecule has 1 amide bonds. The summed E-state index contributed by atoms with van der Waals surface area (Å²) in [6.45, 7) is 1.90. The van der Waals surface area contributed by atoms with Crippen LogP contribution in [-0.4, -0.2) is 23.9 Å². The minimum absolute atomic E-state index is 0.179. The summed E-state index contributed by atoms with van der Waals surface area (Å²) >= 11 is 6.22. The van der Waals surface area contributed by atoms with Crippen LogP contribution in [0.3, 0.4) is 0 Å². The van der Waals surface area contributed by atoms with Crippen molar-refractivity contribution in [1.82, 2.24) is 4.90 Å². The highest BCUT2D eigenvalue weighted by Crippen LogP contribution is 2.50. The van der Waals surface area contributed by atoms with E-state index in [-0.39, 0.29) is 5.92 Å². The Labute approximate surface area is 119 Å². The molecule has 1 saturated heterocycles. The SMILES string of the molecule is O=C(C1CC1c1ccccc1Cl)N1CCCCCC1. The number of carbonyl (C=O) groups excluding carboxylic acids is 1. The minimum atomic E-state index is 0.179. The molecule has 1 heterocycles. The first kappa shape index (κ1) is 13.0. The van der Waals surface area contributed by atoms with E-state index >= 15 is 0 Å². The third-order valence-corrected chi connectivity index (χ3v) is 4.67. The summed E-state index contributed by atoms with van der Waals surface area (Å²) in [6.07, 6.45) is 5.83. The average Bonchev–Trinajstić information content (AvgIpc) is 3.22. The molecule has 0 spiro atoms. The number of hydrogen-bond acceptors (Lipinski definition) is 1. The number of carbonyl (C=O) groups is 1. The molecule has 0 aromatic heterocycles. The molecule has 2 atom stereocenters. The second-order valence-corrected chi connectivity index (χ2v) is 6.12. The van der Waals surface area contributed by atoms with Gasteiger partial charge >= 0.3 is 0 Å². The second-order valence-electron chi connectivity index (χ2n) is 5.71. The van der Waals surface area contributed by atoms with Crippen molar-refractivity contribution in [2.24, 2.45) is 5.92 Å². The Hall–Kier alpha value is -1.02. The zero-order valence-electron chi connectivity index (χ0n) is 11.1. The molecule has 1 aliphatic heterocycles. The molecular weight excluding hydrogens is 258 g/mol. The quantitative estimate of drug-likeness (QED) is 0.804. The summed E-state index contributed by atoms with van der Waals surface area (Å²) in [4.78, 5) is 14.6. The van der Waals surface area contributed by atoms with Gasteiger partial charge in [0.1, 0.15) is 0 Å². The Morgan fingerprint density at radius 3 is 2.47 bits per heavy atom. The van der Waals surface area contributed by atoms with Gasteiger partial charge in [0.15, 0.2) is 0 Å². The number of halogens is 1. The Morgan fingerprint density at radius 1 is 1.11 bits per heavy atom. The predicted molar refractivity (Wildman–Crippen MR) is 77.3 cm³/mol. The fourth-order valence-electron chi connectivity index (χ4n) is 3.11. The summed E-state index contributed by atoms with van der Waals surface area (Å²) < 4.78 is 0. The molecule has 2 unspecified atom stereocenters. The van der Waals surface area contributed by atoms with E-state index in [1.165, 1.54) is 12.8 Å². The van der Waals surface area contributed by atoms with Gasteiger partial charge < -0.3 is 4.90 Å². The van der Waals surface area contributed by atoms with E-state index in [1.54, 1.807) is 0 Å². The first-order valence-electron chi connectivity index (χ1n) is 7.30. The molecule has 1 aromatic rings.